The summed E-state index contributed by atoms with van der Waals surface area (Å²) in [5, 5.41) is 2.87. The summed E-state index contributed by atoms with van der Waals surface area (Å²) in [5.74, 6) is 0.651. The average molecular weight is 185 g/mol. The summed E-state index contributed by atoms with van der Waals surface area (Å²) in [6, 6.07) is 0.202. The zero-order valence-electron chi connectivity index (χ0n) is 8.67. The molecule has 1 aliphatic heterocycles. The van der Waals surface area contributed by atoms with Gasteiger partial charge in [0.25, 0.3) is 0 Å². The van der Waals surface area contributed by atoms with E-state index in [4.69, 9.17) is 4.74 Å². The fraction of sp³-hybridized carbons (Fsp3) is 0.900. The molecule has 0 bridgehead atoms. The largest absolute Gasteiger partial charge is 0.368 e. The van der Waals surface area contributed by atoms with Crippen molar-refractivity contribution in [3.63, 3.8) is 0 Å². The van der Waals surface area contributed by atoms with E-state index in [2.05, 4.69) is 12.2 Å². The third-order valence-corrected chi connectivity index (χ3v) is 2.27. The second kappa shape index (κ2) is 4.61. The second-order valence-corrected chi connectivity index (χ2v) is 4.15. The van der Waals surface area contributed by atoms with Crippen molar-refractivity contribution in [2.24, 2.45) is 5.92 Å². The Morgan fingerprint density at radius 2 is 2.23 bits per heavy atom. The SMILES string of the molecule is CC1CCOC(C(=O)NC(C)C)C1. The Morgan fingerprint density at radius 1 is 1.54 bits per heavy atom. The van der Waals surface area contributed by atoms with Gasteiger partial charge in [-0.25, -0.2) is 0 Å². The van der Waals surface area contributed by atoms with Gasteiger partial charge in [0.2, 0.25) is 5.91 Å². The Balaban J connectivity index is 2.37. The molecule has 2 unspecified atom stereocenters. The maximum Gasteiger partial charge on any atom is 0.249 e. The summed E-state index contributed by atoms with van der Waals surface area (Å²) in [4.78, 5) is 11.5. The minimum Gasteiger partial charge on any atom is -0.368 e. The smallest absolute Gasteiger partial charge is 0.249 e. The summed E-state index contributed by atoms with van der Waals surface area (Å²) in [6.45, 7) is 6.81. The lowest BCUT2D eigenvalue weighted by atomic mass is 9.97. The van der Waals surface area contributed by atoms with Gasteiger partial charge in [-0.05, 0) is 32.6 Å². The van der Waals surface area contributed by atoms with Crippen LogP contribution in [0.4, 0.5) is 0 Å². The maximum atomic E-state index is 11.5. The lowest BCUT2D eigenvalue weighted by Gasteiger charge is -2.26. The molecule has 1 heterocycles. The third-order valence-electron chi connectivity index (χ3n) is 2.27. The van der Waals surface area contributed by atoms with E-state index in [-0.39, 0.29) is 18.1 Å². The monoisotopic (exact) mass is 185 g/mol. The summed E-state index contributed by atoms with van der Waals surface area (Å²) in [6.07, 6.45) is 1.72. The quantitative estimate of drug-likeness (QED) is 0.704. The van der Waals surface area contributed by atoms with E-state index in [0.29, 0.717) is 5.92 Å². The molecule has 3 heteroatoms. The van der Waals surface area contributed by atoms with E-state index in [1.54, 1.807) is 0 Å². The molecule has 1 aliphatic rings. The van der Waals surface area contributed by atoms with Crippen molar-refractivity contribution >= 4 is 5.91 Å². The fourth-order valence-corrected chi connectivity index (χ4v) is 1.52. The van der Waals surface area contributed by atoms with Crippen LogP contribution in [0, 0.1) is 5.92 Å². The summed E-state index contributed by atoms with van der Waals surface area (Å²) in [5.41, 5.74) is 0. The van der Waals surface area contributed by atoms with Crippen LogP contribution in [-0.4, -0.2) is 24.7 Å². The molecule has 1 fully saturated rings. The third kappa shape index (κ3) is 3.35. The van der Waals surface area contributed by atoms with Crippen LogP contribution in [0.25, 0.3) is 0 Å². The first-order valence-corrected chi connectivity index (χ1v) is 5.01. The molecule has 76 valence electrons. The predicted molar refractivity (Wildman–Crippen MR) is 51.4 cm³/mol. The number of carbonyl (C=O) groups excluding carboxylic acids is 1. The minimum absolute atomic E-state index is 0.0431. The molecule has 1 amide bonds. The number of ether oxygens (including phenoxy) is 1. The van der Waals surface area contributed by atoms with Gasteiger partial charge in [0.1, 0.15) is 6.10 Å². The zero-order valence-corrected chi connectivity index (χ0v) is 8.67. The van der Waals surface area contributed by atoms with Gasteiger partial charge < -0.3 is 10.1 Å². The van der Waals surface area contributed by atoms with Crippen LogP contribution in [0.3, 0.4) is 0 Å². The Kier molecular flexibility index (Phi) is 3.72. The minimum atomic E-state index is -0.217. The van der Waals surface area contributed by atoms with Crippen molar-refractivity contribution < 1.29 is 9.53 Å². The van der Waals surface area contributed by atoms with Crippen LogP contribution in [0.15, 0.2) is 0 Å². The van der Waals surface area contributed by atoms with Crippen molar-refractivity contribution in [3.05, 3.63) is 0 Å². The topological polar surface area (TPSA) is 38.3 Å². The molecule has 1 N–H and O–H groups in total. The fourth-order valence-electron chi connectivity index (χ4n) is 1.52. The standard InChI is InChI=1S/C10H19NO2/c1-7(2)11-10(12)9-6-8(3)4-5-13-9/h7-9H,4-6H2,1-3H3,(H,11,12). The van der Waals surface area contributed by atoms with E-state index in [1.807, 2.05) is 13.8 Å². The normalized spacial score (nSPS) is 28.9. The Bertz CT molecular complexity index is 180. The molecule has 0 aliphatic carbocycles. The van der Waals surface area contributed by atoms with Gasteiger partial charge >= 0.3 is 0 Å². The highest BCUT2D eigenvalue weighted by Crippen LogP contribution is 2.19. The summed E-state index contributed by atoms with van der Waals surface area (Å²) >= 11 is 0. The molecular formula is C10H19NO2. The lowest BCUT2D eigenvalue weighted by molar-refractivity contribution is -0.137. The van der Waals surface area contributed by atoms with Gasteiger partial charge in [0.05, 0.1) is 0 Å². The average Bonchev–Trinajstić information content (AvgIpc) is 2.03. The van der Waals surface area contributed by atoms with Crippen LogP contribution >= 0.6 is 0 Å². The Hall–Kier alpha value is -0.570. The lowest BCUT2D eigenvalue weighted by Crippen LogP contribution is -2.42. The molecular weight excluding hydrogens is 166 g/mol. The molecule has 1 rings (SSSR count). The van der Waals surface area contributed by atoms with Crippen molar-refractivity contribution in [1.29, 1.82) is 0 Å². The first kappa shape index (κ1) is 10.5. The molecule has 0 saturated carbocycles. The molecule has 0 aromatic carbocycles. The number of carbonyl (C=O) groups is 1. The van der Waals surface area contributed by atoms with Gasteiger partial charge in [-0.1, -0.05) is 6.92 Å². The second-order valence-electron chi connectivity index (χ2n) is 4.15. The highest BCUT2D eigenvalue weighted by molar-refractivity contribution is 5.81. The van der Waals surface area contributed by atoms with Gasteiger partial charge in [0, 0.05) is 12.6 Å². The molecule has 0 aromatic heterocycles. The van der Waals surface area contributed by atoms with Crippen molar-refractivity contribution in [1.82, 2.24) is 5.32 Å². The molecule has 0 aromatic rings. The molecule has 0 spiro atoms. The number of hydrogen-bond acceptors (Lipinski definition) is 2. The van der Waals surface area contributed by atoms with E-state index < -0.39 is 0 Å². The van der Waals surface area contributed by atoms with Crippen LogP contribution in [0.2, 0.25) is 0 Å². The highest BCUT2D eigenvalue weighted by Gasteiger charge is 2.25. The molecule has 13 heavy (non-hydrogen) atoms. The van der Waals surface area contributed by atoms with Crippen LogP contribution in [-0.2, 0) is 9.53 Å². The summed E-state index contributed by atoms with van der Waals surface area (Å²) < 4.78 is 5.40. The zero-order chi connectivity index (χ0) is 9.84. The van der Waals surface area contributed by atoms with Gasteiger partial charge in [-0.2, -0.15) is 0 Å². The number of nitrogens with one attached hydrogen (secondary N) is 1. The molecule has 3 nitrogen and oxygen atoms in total. The van der Waals surface area contributed by atoms with Gasteiger partial charge in [-0.3, -0.25) is 4.79 Å². The molecule has 1 saturated heterocycles. The van der Waals surface area contributed by atoms with Crippen molar-refractivity contribution in [2.45, 2.75) is 45.8 Å². The van der Waals surface area contributed by atoms with Gasteiger partial charge in [-0.15, -0.1) is 0 Å². The van der Waals surface area contributed by atoms with E-state index in [0.717, 1.165) is 19.4 Å². The first-order valence-electron chi connectivity index (χ1n) is 5.01. The van der Waals surface area contributed by atoms with E-state index >= 15 is 0 Å². The van der Waals surface area contributed by atoms with Crippen molar-refractivity contribution in [2.75, 3.05) is 6.61 Å². The van der Waals surface area contributed by atoms with Crippen LogP contribution in [0.1, 0.15) is 33.6 Å². The summed E-state index contributed by atoms with van der Waals surface area (Å²) in [7, 11) is 0. The Labute approximate surface area is 79.8 Å². The van der Waals surface area contributed by atoms with Crippen LogP contribution < -0.4 is 5.32 Å². The first-order chi connectivity index (χ1) is 6.09. The van der Waals surface area contributed by atoms with E-state index in [1.165, 1.54) is 0 Å². The van der Waals surface area contributed by atoms with E-state index in [9.17, 15) is 4.79 Å². The number of hydrogen-bond donors (Lipinski definition) is 1. The van der Waals surface area contributed by atoms with Crippen molar-refractivity contribution in [3.8, 4) is 0 Å². The molecule has 0 radical (unpaired) electrons. The highest BCUT2D eigenvalue weighted by atomic mass is 16.5. The Morgan fingerprint density at radius 3 is 2.77 bits per heavy atom. The number of amides is 1. The maximum absolute atomic E-state index is 11.5. The molecule has 2 atom stereocenters. The van der Waals surface area contributed by atoms with Gasteiger partial charge in [0.15, 0.2) is 0 Å². The predicted octanol–water partition coefficient (Wildman–Crippen LogP) is 1.33. The van der Waals surface area contributed by atoms with Crippen LogP contribution in [0.5, 0.6) is 0 Å². The number of rotatable bonds is 2.